The number of aromatic nitrogens is 2. The average Bonchev–Trinajstić information content (AvgIpc) is 3.06. The minimum Gasteiger partial charge on any atom is -0.359 e. The Morgan fingerprint density at radius 1 is 1.35 bits per heavy atom. The van der Waals surface area contributed by atoms with Gasteiger partial charge in [-0.15, -0.1) is 11.3 Å². The maximum Gasteiger partial charge on any atom is 0.220 e. The lowest BCUT2D eigenvalue weighted by Gasteiger charge is -1.99. The number of amides is 1. The van der Waals surface area contributed by atoms with Gasteiger partial charge in [-0.2, -0.15) is 0 Å². The molecule has 20 heavy (non-hydrogen) atoms. The van der Waals surface area contributed by atoms with E-state index in [9.17, 15) is 4.79 Å². The maximum absolute atomic E-state index is 11.3. The van der Waals surface area contributed by atoms with Crippen LogP contribution in [0.4, 0.5) is 0 Å². The summed E-state index contributed by atoms with van der Waals surface area (Å²) in [6.45, 7) is 0. The van der Waals surface area contributed by atoms with Crippen LogP contribution in [0.3, 0.4) is 0 Å². The lowest BCUT2D eigenvalue weighted by Crippen LogP contribution is -2.18. The molecule has 0 saturated carbocycles. The van der Waals surface area contributed by atoms with E-state index in [1.165, 1.54) is 0 Å². The SMILES string of the molecule is CNC(=O)CCc1csc2nc(-c3ccccc3)cn12. The normalized spacial score (nSPS) is 10.8. The number of hydrogen-bond acceptors (Lipinski definition) is 3. The highest BCUT2D eigenvalue weighted by Gasteiger charge is 2.10. The van der Waals surface area contributed by atoms with Gasteiger partial charge in [-0.3, -0.25) is 9.20 Å². The molecule has 2 heterocycles. The van der Waals surface area contributed by atoms with E-state index in [1.807, 2.05) is 24.4 Å². The summed E-state index contributed by atoms with van der Waals surface area (Å²) in [5, 5.41) is 4.72. The second-order valence-electron chi connectivity index (χ2n) is 4.54. The maximum atomic E-state index is 11.3. The Morgan fingerprint density at radius 2 is 2.15 bits per heavy atom. The molecule has 102 valence electrons. The molecule has 0 unspecified atom stereocenters. The van der Waals surface area contributed by atoms with Crippen LogP contribution in [0, 0.1) is 0 Å². The van der Waals surface area contributed by atoms with Gasteiger partial charge in [-0.05, 0) is 6.42 Å². The number of fused-ring (bicyclic) bond motifs is 1. The molecular weight excluding hydrogens is 270 g/mol. The third-order valence-corrected chi connectivity index (χ3v) is 4.13. The predicted octanol–water partition coefficient (Wildman–Crippen LogP) is 2.74. The number of hydrogen-bond donors (Lipinski definition) is 1. The van der Waals surface area contributed by atoms with Gasteiger partial charge in [0.15, 0.2) is 4.96 Å². The molecule has 1 N–H and O–H groups in total. The van der Waals surface area contributed by atoms with Crippen LogP contribution in [0.25, 0.3) is 16.2 Å². The van der Waals surface area contributed by atoms with E-state index in [2.05, 4.69) is 32.2 Å². The van der Waals surface area contributed by atoms with Gasteiger partial charge in [0.2, 0.25) is 5.91 Å². The average molecular weight is 285 g/mol. The molecule has 3 aromatic rings. The first-order valence-electron chi connectivity index (χ1n) is 6.49. The van der Waals surface area contributed by atoms with Crippen molar-refractivity contribution in [2.75, 3.05) is 7.05 Å². The molecule has 0 bridgehead atoms. The van der Waals surface area contributed by atoms with E-state index in [0.717, 1.165) is 28.3 Å². The zero-order valence-electron chi connectivity index (χ0n) is 11.2. The van der Waals surface area contributed by atoms with Gasteiger partial charge < -0.3 is 5.32 Å². The van der Waals surface area contributed by atoms with Crippen LogP contribution >= 0.6 is 11.3 Å². The first-order chi connectivity index (χ1) is 9.78. The van der Waals surface area contributed by atoms with Gasteiger partial charge in [-0.1, -0.05) is 30.3 Å². The Morgan fingerprint density at radius 3 is 2.90 bits per heavy atom. The lowest BCUT2D eigenvalue weighted by molar-refractivity contribution is -0.120. The molecule has 0 saturated heterocycles. The highest BCUT2D eigenvalue weighted by Crippen LogP contribution is 2.24. The highest BCUT2D eigenvalue weighted by molar-refractivity contribution is 7.15. The van der Waals surface area contributed by atoms with Crippen molar-refractivity contribution in [3.05, 3.63) is 47.6 Å². The van der Waals surface area contributed by atoms with Crippen LogP contribution in [-0.4, -0.2) is 22.3 Å². The van der Waals surface area contributed by atoms with Crippen LogP contribution in [0.5, 0.6) is 0 Å². The topological polar surface area (TPSA) is 46.4 Å². The summed E-state index contributed by atoms with van der Waals surface area (Å²) in [5.41, 5.74) is 3.21. The molecule has 5 heteroatoms. The van der Waals surface area contributed by atoms with Gasteiger partial charge in [0.05, 0.1) is 5.69 Å². The first-order valence-corrected chi connectivity index (χ1v) is 7.37. The number of carbonyl (C=O) groups is 1. The molecule has 0 spiro atoms. The van der Waals surface area contributed by atoms with Crippen LogP contribution in [-0.2, 0) is 11.2 Å². The Hall–Kier alpha value is -2.14. The largest absolute Gasteiger partial charge is 0.359 e. The Bertz CT molecular complexity index is 730. The number of rotatable bonds is 4. The first kappa shape index (κ1) is 12.9. The van der Waals surface area contributed by atoms with E-state index in [0.29, 0.717) is 6.42 Å². The number of nitrogens with zero attached hydrogens (tertiary/aromatic N) is 2. The molecule has 3 rings (SSSR count). The fourth-order valence-electron chi connectivity index (χ4n) is 2.12. The molecule has 4 nitrogen and oxygen atoms in total. The zero-order valence-corrected chi connectivity index (χ0v) is 12.0. The molecule has 0 aliphatic rings. The third-order valence-electron chi connectivity index (χ3n) is 3.24. The number of thiazole rings is 1. The second-order valence-corrected chi connectivity index (χ2v) is 5.38. The Balaban J connectivity index is 1.89. The second kappa shape index (κ2) is 5.46. The monoisotopic (exact) mass is 285 g/mol. The molecule has 0 radical (unpaired) electrons. The standard InChI is InChI=1S/C15H15N3OS/c1-16-14(19)8-7-12-10-20-15-17-13(9-18(12)15)11-5-3-2-4-6-11/h2-6,9-10H,7-8H2,1H3,(H,16,19). The van der Waals surface area contributed by atoms with E-state index in [1.54, 1.807) is 18.4 Å². The van der Waals surface area contributed by atoms with Crippen molar-refractivity contribution in [3.63, 3.8) is 0 Å². The summed E-state index contributed by atoms with van der Waals surface area (Å²) < 4.78 is 2.08. The third kappa shape index (κ3) is 2.44. The number of nitrogens with one attached hydrogen (secondary N) is 1. The van der Waals surface area contributed by atoms with Crippen LogP contribution in [0.15, 0.2) is 41.9 Å². The van der Waals surface area contributed by atoms with Crippen molar-refractivity contribution in [1.29, 1.82) is 0 Å². The summed E-state index contributed by atoms with van der Waals surface area (Å²) in [4.78, 5) is 16.9. The summed E-state index contributed by atoms with van der Waals surface area (Å²) >= 11 is 1.61. The minimum absolute atomic E-state index is 0.0627. The lowest BCUT2D eigenvalue weighted by atomic mass is 10.2. The van der Waals surface area contributed by atoms with E-state index < -0.39 is 0 Å². The van der Waals surface area contributed by atoms with Crippen molar-refractivity contribution < 1.29 is 4.79 Å². The van der Waals surface area contributed by atoms with E-state index in [-0.39, 0.29) is 5.91 Å². The Kier molecular flexibility index (Phi) is 3.52. The zero-order chi connectivity index (χ0) is 13.9. The van der Waals surface area contributed by atoms with Crippen LogP contribution < -0.4 is 5.32 Å². The van der Waals surface area contributed by atoms with Crippen molar-refractivity contribution in [2.24, 2.45) is 0 Å². The summed E-state index contributed by atoms with van der Waals surface area (Å²) in [6, 6.07) is 10.1. The van der Waals surface area contributed by atoms with Crippen molar-refractivity contribution in [2.45, 2.75) is 12.8 Å². The molecule has 0 aliphatic carbocycles. The van der Waals surface area contributed by atoms with Gasteiger partial charge in [-0.25, -0.2) is 4.98 Å². The van der Waals surface area contributed by atoms with E-state index in [4.69, 9.17) is 0 Å². The molecule has 0 aliphatic heterocycles. The predicted molar refractivity (Wildman–Crippen MR) is 80.9 cm³/mol. The number of aryl methyl sites for hydroxylation is 1. The fraction of sp³-hybridized carbons (Fsp3) is 0.200. The minimum atomic E-state index is 0.0627. The van der Waals surface area contributed by atoms with Crippen LogP contribution in [0.2, 0.25) is 0 Å². The quantitative estimate of drug-likeness (QED) is 0.801. The number of carbonyl (C=O) groups excluding carboxylic acids is 1. The number of imidazole rings is 1. The van der Waals surface area contributed by atoms with Gasteiger partial charge in [0.1, 0.15) is 0 Å². The van der Waals surface area contributed by atoms with Crippen molar-refractivity contribution in [3.8, 4) is 11.3 Å². The van der Waals surface area contributed by atoms with Crippen molar-refractivity contribution in [1.82, 2.24) is 14.7 Å². The van der Waals surface area contributed by atoms with Gasteiger partial charge in [0, 0.05) is 36.3 Å². The Labute approximate surface area is 121 Å². The van der Waals surface area contributed by atoms with Crippen LogP contribution in [0.1, 0.15) is 12.1 Å². The summed E-state index contributed by atoms with van der Waals surface area (Å²) in [5.74, 6) is 0.0627. The molecule has 0 fully saturated rings. The summed E-state index contributed by atoms with van der Waals surface area (Å²) in [7, 11) is 1.66. The molecule has 1 aromatic carbocycles. The molecule has 1 amide bonds. The van der Waals surface area contributed by atoms with Gasteiger partial charge >= 0.3 is 0 Å². The highest BCUT2D eigenvalue weighted by atomic mass is 32.1. The van der Waals surface area contributed by atoms with E-state index >= 15 is 0 Å². The fourth-order valence-corrected chi connectivity index (χ4v) is 3.03. The van der Waals surface area contributed by atoms with Gasteiger partial charge in [0.25, 0.3) is 0 Å². The smallest absolute Gasteiger partial charge is 0.220 e. The molecule has 2 aromatic heterocycles. The summed E-state index contributed by atoms with van der Waals surface area (Å²) in [6.07, 6.45) is 3.27. The molecular formula is C15H15N3OS. The number of benzene rings is 1. The molecule has 0 atom stereocenters. The van der Waals surface area contributed by atoms with Crippen molar-refractivity contribution >= 4 is 22.2 Å².